The summed E-state index contributed by atoms with van der Waals surface area (Å²) in [6.07, 6.45) is 0. The fraction of sp³-hybridized carbons (Fsp3) is 0.857. The molecule has 0 aliphatic carbocycles. The number of hydrogen-bond donors (Lipinski definition) is 0. The number of ether oxygens (including phenoxy) is 1. The standard InChI is InChI=1S/C7H13ClO2/c1-5(8)10-6(9)7(2,3)4/h5H,1-4H3/t5-/m0/s1. The average Bonchev–Trinajstić information content (AvgIpc) is 1.60. The van der Waals surface area contributed by atoms with Crippen LogP contribution in [0.2, 0.25) is 0 Å². The van der Waals surface area contributed by atoms with Crippen LogP contribution in [0, 0.1) is 5.41 Å². The molecule has 0 spiro atoms. The number of alkyl halides is 1. The van der Waals surface area contributed by atoms with Crippen molar-refractivity contribution in [3.8, 4) is 0 Å². The van der Waals surface area contributed by atoms with E-state index in [1.807, 2.05) is 0 Å². The zero-order chi connectivity index (χ0) is 8.36. The summed E-state index contributed by atoms with van der Waals surface area (Å²) in [4.78, 5) is 11.0. The van der Waals surface area contributed by atoms with Gasteiger partial charge in [-0.1, -0.05) is 11.6 Å². The molecule has 2 nitrogen and oxygen atoms in total. The van der Waals surface area contributed by atoms with Gasteiger partial charge in [0.2, 0.25) is 0 Å². The van der Waals surface area contributed by atoms with E-state index in [2.05, 4.69) is 0 Å². The molecule has 0 aliphatic rings. The van der Waals surface area contributed by atoms with Crippen LogP contribution in [0.1, 0.15) is 27.7 Å². The first-order chi connectivity index (χ1) is 4.34. The summed E-state index contributed by atoms with van der Waals surface area (Å²) in [7, 11) is 0. The lowest BCUT2D eigenvalue weighted by Gasteiger charge is -2.17. The number of rotatable bonds is 1. The Morgan fingerprint density at radius 3 is 2.00 bits per heavy atom. The number of carbonyl (C=O) groups is 1. The highest BCUT2D eigenvalue weighted by molar-refractivity contribution is 6.20. The monoisotopic (exact) mass is 164 g/mol. The third kappa shape index (κ3) is 3.72. The summed E-state index contributed by atoms with van der Waals surface area (Å²) >= 11 is 5.44. The summed E-state index contributed by atoms with van der Waals surface area (Å²) in [5.74, 6) is -0.269. The van der Waals surface area contributed by atoms with Gasteiger partial charge in [-0.3, -0.25) is 4.79 Å². The Hall–Kier alpha value is -0.240. The van der Waals surface area contributed by atoms with Crippen molar-refractivity contribution in [3.63, 3.8) is 0 Å². The Labute approximate surface area is 66.5 Å². The third-order valence-electron chi connectivity index (χ3n) is 0.882. The maximum absolute atomic E-state index is 11.0. The van der Waals surface area contributed by atoms with E-state index in [1.54, 1.807) is 27.7 Å². The van der Waals surface area contributed by atoms with Crippen LogP contribution in [0.3, 0.4) is 0 Å². The summed E-state index contributed by atoms with van der Waals surface area (Å²) < 4.78 is 4.74. The van der Waals surface area contributed by atoms with Crippen LogP contribution >= 0.6 is 11.6 Å². The van der Waals surface area contributed by atoms with Gasteiger partial charge < -0.3 is 4.74 Å². The smallest absolute Gasteiger partial charge is 0.312 e. The predicted molar refractivity (Wildman–Crippen MR) is 40.9 cm³/mol. The van der Waals surface area contributed by atoms with E-state index in [0.717, 1.165) is 0 Å². The number of halogens is 1. The Balaban J connectivity index is 3.87. The zero-order valence-corrected chi connectivity index (χ0v) is 7.53. The molecule has 0 aromatic rings. The molecular formula is C7H13ClO2. The Kier molecular flexibility index (Phi) is 3.16. The van der Waals surface area contributed by atoms with E-state index < -0.39 is 11.0 Å². The molecule has 0 radical (unpaired) electrons. The molecule has 0 rings (SSSR count). The molecule has 0 amide bonds. The second-order valence-corrected chi connectivity index (χ2v) is 3.81. The molecule has 0 aliphatic heterocycles. The molecule has 3 heteroatoms. The number of carbonyl (C=O) groups excluding carboxylic acids is 1. The van der Waals surface area contributed by atoms with Crippen LogP contribution in [-0.2, 0) is 9.53 Å². The molecule has 0 aromatic heterocycles. The molecule has 0 saturated carbocycles. The fourth-order valence-electron chi connectivity index (χ4n) is 0.324. The first-order valence-electron chi connectivity index (χ1n) is 3.19. The Bertz CT molecular complexity index is 124. The molecule has 0 N–H and O–H groups in total. The van der Waals surface area contributed by atoms with Crippen LogP contribution in [0.15, 0.2) is 0 Å². The van der Waals surface area contributed by atoms with Gasteiger partial charge in [-0.15, -0.1) is 0 Å². The van der Waals surface area contributed by atoms with Gasteiger partial charge >= 0.3 is 5.97 Å². The molecule has 0 aromatic carbocycles. The van der Waals surface area contributed by atoms with Gasteiger partial charge in [0.1, 0.15) is 0 Å². The van der Waals surface area contributed by atoms with Gasteiger partial charge in [0, 0.05) is 0 Å². The van der Waals surface area contributed by atoms with Crippen molar-refractivity contribution >= 4 is 17.6 Å². The van der Waals surface area contributed by atoms with Crippen molar-refractivity contribution in [3.05, 3.63) is 0 Å². The molecule has 0 unspecified atom stereocenters. The lowest BCUT2D eigenvalue weighted by atomic mass is 9.97. The third-order valence-corrected chi connectivity index (χ3v) is 0.971. The molecular weight excluding hydrogens is 152 g/mol. The van der Waals surface area contributed by atoms with Crippen LogP contribution in [-0.4, -0.2) is 11.5 Å². The van der Waals surface area contributed by atoms with E-state index in [4.69, 9.17) is 16.3 Å². The quantitative estimate of drug-likeness (QED) is 0.439. The summed E-state index contributed by atoms with van der Waals surface area (Å²) in [6.45, 7) is 6.98. The molecule has 60 valence electrons. The van der Waals surface area contributed by atoms with Crippen molar-refractivity contribution < 1.29 is 9.53 Å². The summed E-state index contributed by atoms with van der Waals surface area (Å²) in [5, 5.41) is 0. The van der Waals surface area contributed by atoms with E-state index >= 15 is 0 Å². The molecule has 0 bridgehead atoms. The van der Waals surface area contributed by atoms with Gasteiger partial charge in [0.25, 0.3) is 0 Å². The highest BCUT2D eigenvalue weighted by Gasteiger charge is 2.23. The highest BCUT2D eigenvalue weighted by atomic mass is 35.5. The molecule has 0 fully saturated rings. The SMILES string of the molecule is C[C@@H](Cl)OC(=O)C(C)(C)C. The molecule has 10 heavy (non-hydrogen) atoms. The molecule has 1 atom stereocenters. The van der Waals surface area contributed by atoms with E-state index in [0.29, 0.717) is 0 Å². The van der Waals surface area contributed by atoms with Gasteiger partial charge in [-0.2, -0.15) is 0 Å². The van der Waals surface area contributed by atoms with Crippen LogP contribution in [0.5, 0.6) is 0 Å². The molecule has 0 heterocycles. The summed E-state index contributed by atoms with van der Waals surface area (Å²) in [5.41, 5.74) is -0.991. The highest BCUT2D eigenvalue weighted by Crippen LogP contribution is 2.16. The summed E-state index contributed by atoms with van der Waals surface area (Å²) in [6, 6.07) is 0. The lowest BCUT2D eigenvalue weighted by Crippen LogP contribution is -2.24. The Morgan fingerprint density at radius 1 is 1.50 bits per heavy atom. The second-order valence-electron chi connectivity index (χ2n) is 3.20. The van der Waals surface area contributed by atoms with Crippen molar-refractivity contribution in [1.82, 2.24) is 0 Å². The van der Waals surface area contributed by atoms with E-state index in [-0.39, 0.29) is 5.97 Å². The van der Waals surface area contributed by atoms with Gasteiger partial charge in [0.15, 0.2) is 5.56 Å². The minimum absolute atomic E-state index is 0.269. The van der Waals surface area contributed by atoms with Crippen molar-refractivity contribution in [2.24, 2.45) is 5.41 Å². The maximum Gasteiger partial charge on any atom is 0.312 e. The average molecular weight is 165 g/mol. The van der Waals surface area contributed by atoms with Crippen LogP contribution < -0.4 is 0 Å². The first kappa shape index (κ1) is 9.76. The topological polar surface area (TPSA) is 26.3 Å². The van der Waals surface area contributed by atoms with E-state index in [9.17, 15) is 4.79 Å². The van der Waals surface area contributed by atoms with Gasteiger partial charge in [-0.05, 0) is 27.7 Å². The minimum Gasteiger partial charge on any atom is -0.446 e. The normalized spacial score (nSPS) is 14.5. The van der Waals surface area contributed by atoms with Crippen molar-refractivity contribution in [1.29, 1.82) is 0 Å². The maximum atomic E-state index is 11.0. The predicted octanol–water partition coefficient (Wildman–Crippen LogP) is 2.16. The van der Waals surface area contributed by atoms with E-state index in [1.165, 1.54) is 0 Å². The van der Waals surface area contributed by atoms with Crippen LogP contribution in [0.4, 0.5) is 0 Å². The zero-order valence-electron chi connectivity index (χ0n) is 6.77. The fourth-order valence-corrected chi connectivity index (χ4v) is 0.405. The second kappa shape index (κ2) is 3.24. The largest absolute Gasteiger partial charge is 0.446 e. The Morgan fingerprint density at radius 2 is 1.90 bits per heavy atom. The lowest BCUT2D eigenvalue weighted by molar-refractivity contribution is -0.154. The minimum atomic E-state index is -0.535. The number of esters is 1. The van der Waals surface area contributed by atoms with Crippen molar-refractivity contribution in [2.45, 2.75) is 33.3 Å². The first-order valence-corrected chi connectivity index (χ1v) is 3.63. The number of hydrogen-bond acceptors (Lipinski definition) is 2. The van der Waals surface area contributed by atoms with Crippen molar-refractivity contribution in [2.75, 3.05) is 0 Å². The molecule has 0 saturated heterocycles. The van der Waals surface area contributed by atoms with Crippen LogP contribution in [0.25, 0.3) is 0 Å². The van der Waals surface area contributed by atoms with Gasteiger partial charge in [-0.25, -0.2) is 0 Å². The van der Waals surface area contributed by atoms with Gasteiger partial charge in [0.05, 0.1) is 5.41 Å².